The average Bonchev–Trinajstić information content (AvgIpc) is 3.12. The van der Waals surface area contributed by atoms with Gasteiger partial charge < -0.3 is 15.0 Å². The van der Waals surface area contributed by atoms with E-state index in [1.807, 2.05) is 48.5 Å². The summed E-state index contributed by atoms with van der Waals surface area (Å²) in [6.07, 6.45) is 1.58. The van der Waals surface area contributed by atoms with Crippen molar-refractivity contribution in [1.29, 1.82) is 0 Å². The zero-order chi connectivity index (χ0) is 17.9. The van der Waals surface area contributed by atoms with Crippen molar-refractivity contribution in [3.63, 3.8) is 0 Å². The van der Waals surface area contributed by atoms with Crippen LogP contribution in [0, 0.1) is 0 Å². The van der Waals surface area contributed by atoms with Crippen molar-refractivity contribution in [2.45, 2.75) is 0 Å². The smallest absolute Gasteiger partial charge is 0.261 e. The summed E-state index contributed by atoms with van der Waals surface area (Å²) in [6.45, 7) is 0. The van der Waals surface area contributed by atoms with Crippen LogP contribution in [0.2, 0.25) is 0 Å². The zero-order valence-corrected chi connectivity index (χ0v) is 14.1. The Hall–Kier alpha value is -3.67. The SMILES string of the molecule is COc1ncccc1C(=O)Nc1ccccc1-c1nc2ccccc2[nH]1. The maximum atomic E-state index is 12.7. The number of amides is 1. The second-order valence-electron chi connectivity index (χ2n) is 5.66. The molecule has 2 heterocycles. The highest BCUT2D eigenvalue weighted by Gasteiger charge is 2.16. The third-order valence-corrected chi connectivity index (χ3v) is 4.03. The number of ether oxygens (including phenoxy) is 1. The molecule has 6 nitrogen and oxygen atoms in total. The summed E-state index contributed by atoms with van der Waals surface area (Å²) in [5, 5.41) is 2.93. The van der Waals surface area contributed by atoms with Gasteiger partial charge in [-0.15, -0.1) is 0 Å². The van der Waals surface area contributed by atoms with E-state index in [9.17, 15) is 4.79 Å². The van der Waals surface area contributed by atoms with Crippen molar-refractivity contribution in [2.75, 3.05) is 12.4 Å². The number of carbonyl (C=O) groups is 1. The predicted octanol–water partition coefficient (Wildman–Crippen LogP) is 3.89. The van der Waals surface area contributed by atoms with Crippen LogP contribution in [0.4, 0.5) is 5.69 Å². The fourth-order valence-electron chi connectivity index (χ4n) is 2.79. The first kappa shape index (κ1) is 15.8. The highest BCUT2D eigenvalue weighted by atomic mass is 16.5. The Labute approximate surface area is 149 Å². The quantitative estimate of drug-likeness (QED) is 0.589. The van der Waals surface area contributed by atoms with Gasteiger partial charge in [-0.2, -0.15) is 0 Å². The topological polar surface area (TPSA) is 79.9 Å². The lowest BCUT2D eigenvalue weighted by Gasteiger charge is -2.11. The maximum absolute atomic E-state index is 12.7. The molecule has 1 amide bonds. The van der Waals surface area contributed by atoms with Crippen LogP contribution in [0.5, 0.6) is 5.88 Å². The number of fused-ring (bicyclic) bond motifs is 1. The van der Waals surface area contributed by atoms with Crippen molar-refractivity contribution >= 4 is 22.6 Å². The van der Waals surface area contributed by atoms with E-state index in [4.69, 9.17) is 4.74 Å². The van der Waals surface area contributed by atoms with Gasteiger partial charge in [0.15, 0.2) is 0 Å². The minimum Gasteiger partial charge on any atom is -0.480 e. The molecule has 26 heavy (non-hydrogen) atoms. The van der Waals surface area contributed by atoms with Gasteiger partial charge in [0.2, 0.25) is 5.88 Å². The molecule has 0 spiro atoms. The fourth-order valence-corrected chi connectivity index (χ4v) is 2.79. The number of aromatic nitrogens is 3. The molecule has 0 saturated heterocycles. The molecule has 2 aromatic heterocycles. The molecule has 0 fully saturated rings. The first-order chi connectivity index (χ1) is 12.8. The van der Waals surface area contributed by atoms with Crippen LogP contribution in [0.3, 0.4) is 0 Å². The highest BCUT2D eigenvalue weighted by Crippen LogP contribution is 2.28. The van der Waals surface area contributed by atoms with E-state index in [1.165, 1.54) is 7.11 Å². The third-order valence-electron chi connectivity index (χ3n) is 4.03. The van der Waals surface area contributed by atoms with E-state index in [-0.39, 0.29) is 11.8 Å². The molecule has 0 aliphatic heterocycles. The summed E-state index contributed by atoms with van der Waals surface area (Å²) in [7, 11) is 1.49. The third kappa shape index (κ3) is 2.88. The molecule has 4 aromatic rings. The Morgan fingerprint density at radius 3 is 2.69 bits per heavy atom. The number of benzene rings is 2. The van der Waals surface area contributed by atoms with Crippen LogP contribution < -0.4 is 10.1 Å². The molecular weight excluding hydrogens is 328 g/mol. The number of para-hydroxylation sites is 3. The first-order valence-electron chi connectivity index (χ1n) is 8.11. The summed E-state index contributed by atoms with van der Waals surface area (Å²) in [6, 6.07) is 18.7. The molecule has 4 rings (SSSR count). The number of rotatable bonds is 4. The Balaban J connectivity index is 1.71. The monoisotopic (exact) mass is 344 g/mol. The van der Waals surface area contributed by atoms with Gasteiger partial charge in [0.1, 0.15) is 11.4 Å². The van der Waals surface area contributed by atoms with Gasteiger partial charge in [0.05, 0.1) is 23.8 Å². The van der Waals surface area contributed by atoms with E-state index < -0.39 is 0 Å². The van der Waals surface area contributed by atoms with Crippen molar-refractivity contribution < 1.29 is 9.53 Å². The lowest BCUT2D eigenvalue weighted by atomic mass is 10.1. The number of nitrogens with one attached hydrogen (secondary N) is 2. The molecule has 0 saturated carbocycles. The van der Waals surface area contributed by atoms with Crippen LogP contribution in [-0.4, -0.2) is 28.0 Å². The number of carbonyl (C=O) groups excluding carboxylic acids is 1. The molecule has 0 aliphatic rings. The number of imidazole rings is 1. The van der Waals surface area contributed by atoms with Crippen molar-refractivity contribution in [3.05, 3.63) is 72.4 Å². The van der Waals surface area contributed by atoms with Gasteiger partial charge in [-0.1, -0.05) is 24.3 Å². The Morgan fingerprint density at radius 1 is 1.04 bits per heavy atom. The zero-order valence-electron chi connectivity index (χ0n) is 14.1. The molecule has 0 atom stereocenters. The minimum atomic E-state index is -0.293. The first-order valence-corrected chi connectivity index (χ1v) is 8.11. The van der Waals surface area contributed by atoms with Crippen molar-refractivity contribution in [1.82, 2.24) is 15.0 Å². The van der Waals surface area contributed by atoms with Gasteiger partial charge >= 0.3 is 0 Å². The van der Waals surface area contributed by atoms with E-state index in [0.717, 1.165) is 16.6 Å². The van der Waals surface area contributed by atoms with Gasteiger partial charge in [-0.05, 0) is 36.4 Å². The summed E-state index contributed by atoms with van der Waals surface area (Å²) >= 11 is 0. The molecule has 0 bridgehead atoms. The number of methoxy groups -OCH3 is 1. The molecule has 128 valence electrons. The Bertz CT molecular complexity index is 1050. The second kappa shape index (κ2) is 6.68. The van der Waals surface area contributed by atoms with Crippen molar-refractivity contribution in [2.24, 2.45) is 0 Å². The number of anilines is 1. The summed E-state index contributed by atoms with van der Waals surface area (Å²) in [4.78, 5) is 24.7. The molecular formula is C20H16N4O2. The lowest BCUT2D eigenvalue weighted by molar-refractivity contribution is 0.102. The van der Waals surface area contributed by atoms with Crippen LogP contribution >= 0.6 is 0 Å². The van der Waals surface area contributed by atoms with Crippen LogP contribution in [0.15, 0.2) is 66.9 Å². The number of hydrogen-bond acceptors (Lipinski definition) is 4. The van der Waals surface area contributed by atoms with E-state index in [1.54, 1.807) is 18.3 Å². The number of nitrogens with zero attached hydrogens (tertiary/aromatic N) is 2. The maximum Gasteiger partial charge on any atom is 0.261 e. The van der Waals surface area contributed by atoms with Crippen LogP contribution in [0.25, 0.3) is 22.4 Å². The lowest BCUT2D eigenvalue weighted by Crippen LogP contribution is -2.14. The van der Waals surface area contributed by atoms with Crippen LogP contribution in [0.1, 0.15) is 10.4 Å². The highest BCUT2D eigenvalue weighted by molar-refractivity contribution is 6.07. The second-order valence-corrected chi connectivity index (χ2v) is 5.66. The van der Waals surface area contributed by atoms with Crippen LogP contribution in [-0.2, 0) is 0 Å². The predicted molar refractivity (Wildman–Crippen MR) is 100 cm³/mol. The van der Waals surface area contributed by atoms with E-state index in [2.05, 4.69) is 20.3 Å². The van der Waals surface area contributed by atoms with Gasteiger partial charge in [-0.25, -0.2) is 9.97 Å². The van der Waals surface area contributed by atoms with E-state index in [0.29, 0.717) is 17.1 Å². The molecule has 6 heteroatoms. The van der Waals surface area contributed by atoms with Gasteiger partial charge in [-0.3, -0.25) is 4.79 Å². The summed E-state index contributed by atoms with van der Waals surface area (Å²) in [5.74, 6) is 0.685. The number of pyridine rings is 1. The summed E-state index contributed by atoms with van der Waals surface area (Å²) < 4.78 is 5.17. The van der Waals surface area contributed by atoms with Gasteiger partial charge in [0, 0.05) is 11.8 Å². The van der Waals surface area contributed by atoms with Crippen molar-refractivity contribution in [3.8, 4) is 17.3 Å². The average molecular weight is 344 g/mol. The molecule has 0 unspecified atom stereocenters. The normalized spacial score (nSPS) is 10.7. The largest absolute Gasteiger partial charge is 0.480 e. The molecule has 0 radical (unpaired) electrons. The molecule has 2 aromatic carbocycles. The van der Waals surface area contributed by atoms with Gasteiger partial charge in [0.25, 0.3) is 5.91 Å². The molecule has 2 N–H and O–H groups in total. The number of hydrogen-bond donors (Lipinski definition) is 2. The Morgan fingerprint density at radius 2 is 1.85 bits per heavy atom. The Kier molecular flexibility index (Phi) is 4.07. The number of H-pyrrole nitrogens is 1. The molecule has 0 aliphatic carbocycles. The standard InChI is InChI=1S/C20H16N4O2/c1-26-20-14(8-6-12-21-20)19(25)24-15-9-3-2-7-13(15)18-22-16-10-4-5-11-17(16)23-18/h2-12H,1H3,(H,22,23)(H,24,25). The number of aromatic amines is 1. The minimum absolute atomic E-state index is 0.284. The van der Waals surface area contributed by atoms with E-state index >= 15 is 0 Å². The summed E-state index contributed by atoms with van der Waals surface area (Å²) in [5.41, 5.74) is 3.65. The fraction of sp³-hybridized carbons (Fsp3) is 0.0500.